The first-order chi connectivity index (χ1) is 21.6. The normalized spacial score (nSPS) is 18.9. The van der Waals surface area contributed by atoms with Gasteiger partial charge in [0.25, 0.3) is 0 Å². The summed E-state index contributed by atoms with van der Waals surface area (Å²) in [5, 5.41) is 17.9. The van der Waals surface area contributed by atoms with Gasteiger partial charge in [0.1, 0.15) is 11.4 Å². The molecule has 1 saturated carbocycles. The highest BCUT2D eigenvalue weighted by molar-refractivity contribution is 7.90. The van der Waals surface area contributed by atoms with E-state index in [1.165, 1.54) is 26.5 Å². The van der Waals surface area contributed by atoms with Crippen molar-refractivity contribution in [3.05, 3.63) is 59.8 Å². The van der Waals surface area contributed by atoms with Crippen LogP contribution in [0.4, 0.5) is 26.9 Å². The van der Waals surface area contributed by atoms with Crippen LogP contribution in [0.3, 0.4) is 0 Å². The van der Waals surface area contributed by atoms with Gasteiger partial charge in [-0.15, -0.1) is 5.10 Å². The fourth-order valence-electron chi connectivity index (χ4n) is 5.88. The Morgan fingerprint density at radius 3 is 2.43 bits per heavy atom. The summed E-state index contributed by atoms with van der Waals surface area (Å²) in [6.45, 7) is 5.16. The fourth-order valence-corrected chi connectivity index (χ4v) is 6.45. The van der Waals surface area contributed by atoms with Crippen molar-refractivity contribution in [2.75, 3.05) is 30.7 Å². The molecule has 0 unspecified atom stereocenters. The van der Waals surface area contributed by atoms with Crippen molar-refractivity contribution in [3.63, 3.8) is 0 Å². The molecular weight excluding hydrogens is 618 g/mol. The van der Waals surface area contributed by atoms with Crippen LogP contribution in [-0.4, -0.2) is 72.5 Å². The molecule has 46 heavy (non-hydrogen) atoms. The van der Waals surface area contributed by atoms with Gasteiger partial charge in [-0.1, -0.05) is 6.07 Å². The molecule has 15 heteroatoms. The molecule has 2 aromatic carbocycles. The van der Waals surface area contributed by atoms with E-state index in [0.717, 1.165) is 15.8 Å². The predicted octanol–water partition coefficient (Wildman–Crippen LogP) is 4.83. The molecule has 0 saturated heterocycles. The molecule has 6 rings (SSSR count). The Kier molecular flexibility index (Phi) is 7.00. The quantitative estimate of drug-likeness (QED) is 0.291. The van der Waals surface area contributed by atoms with Gasteiger partial charge in [-0.2, -0.15) is 4.68 Å². The number of carbonyl (C=O) groups excluding carboxylic acids is 2. The molecule has 3 heterocycles. The molecule has 2 N–H and O–H groups in total. The van der Waals surface area contributed by atoms with E-state index in [2.05, 4.69) is 15.4 Å². The molecule has 2 amide bonds. The lowest BCUT2D eigenvalue weighted by molar-refractivity contribution is -0.119. The molecule has 0 radical (unpaired) electrons. The first-order valence-corrected chi connectivity index (χ1v) is 16.0. The number of imide groups is 1. The zero-order valence-electron chi connectivity index (χ0n) is 25.8. The average Bonchev–Trinajstić information content (AvgIpc) is 3.57. The van der Waals surface area contributed by atoms with E-state index in [-0.39, 0.29) is 28.0 Å². The predicted molar refractivity (Wildman–Crippen MR) is 166 cm³/mol. The van der Waals surface area contributed by atoms with Crippen LogP contribution in [0.2, 0.25) is 0 Å². The van der Waals surface area contributed by atoms with E-state index < -0.39 is 44.9 Å². The molecule has 240 valence electrons. The fraction of sp³-hybridized carbons (Fsp3) is 0.323. The number of ether oxygens (including phenoxy) is 3. The largest absolute Gasteiger partial charge is 0.497 e. The number of anilines is 3. The van der Waals surface area contributed by atoms with Crippen molar-refractivity contribution in [2.24, 2.45) is 0 Å². The lowest BCUT2D eigenvalue weighted by Crippen LogP contribution is -2.36. The van der Waals surface area contributed by atoms with Crippen molar-refractivity contribution < 1.29 is 42.1 Å². The van der Waals surface area contributed by atoms with Crippen LogP contribution in [-0.2, 0) is 24.8 Å². The number of carbonyl (C=O) groups is 3. The van der Waals surface area contributed by atoms with Gasteiger partial charge in [0.2, 0.25) is 5.91 Å². The maximum Gasteiger partial charge on any atom is 0.435 e. The molecule has 1 fully saturated rings. The van der Waals surface area contributed by atoms with Crippen LogP contribution in [0.15, 0.2) is 53.6 Å². The van der Waals surface area contributed by atoms with Gasteiger partial charge in [-0.05, 0) is 68.7 Å². The Morgan fingerprint density at radius 2 is 1.80 bits per heavy atom. The van der Waals surface area contributed by atoms with Crippen molar-refractivity contribution in [1.82, 2.24) is 14.8 Å². The summed E-state index contributed by atoms with van der Waals surface area (Å²) in [7, 11) is -0.692. The summed E-state index contributed by atoms with van der Waals surface area (Å²) in [5.74, 6) is 0.0462. The standard InChI is InChI=1S/C31H31N5O9S/c1-30(2,3)45-29(40)36-23-11-16(21-14-31(21)20-12-17(43-4)8-10-22(20)35(27(31)37)28(38)39)7-9-19(23)25(34-36)33-26-24(44-5)13-18(15-32-26)46(6,41)42/h7-13,15,21H,14H2,1-6H3,(H,38,39)(H,32,33,34)/t21-,31-/m0/s1. The molecule has 1 aliphatic carbocycles. The van der Waals surface area contributed by atoms with Crippen molar-refractivity contribution in [1.29, 1.82) is 0 Å². The SMILES string of the molecule is COc1ccc2c(c1)[C@]1(C[C@H]1c1ccc3c(Nc4ncc(S(C)(=O)=O)cc4OC)nn(C(=O)OC(C)(C)C)c3c1)C(=O)N2C(=O)O. The number of pyridine rings is 1. The molecule has 2 aliphatic rings. The summed E-state index contributed by atoms with van der Waals surface area (Å²) >= 11 is 0. The maximum absolute atomic E-state index is 13.7. The smallest absolute Gasteiger partial charge is 0.435 e. The highest BCUT2D eigenvalue weighted by Gasteiger charge is 2.68. The van der Waals surface area contributed by atoms with Gasteiger partial charge in [0.15, 0.2) is 27.2 Å². The summed E-state index contributed by atoms with van der Waals surface area (Å²) in [5.41, 5.74) is -0.0710. The molecule has 0 bridgehead atoms. The Bertz CT molecular complexity index is 2070. The van der Waals surface area contributed by atoms with Gasteiger partial charge >= 0.3 is 12.2 Å². The number of nitrogens with zero attached hydrogens (tertiary/aromatic N) is 4. The molecule has 4 aromatic rings. The van der Waals surface area contributed by atoms with Crippen LogP contribution in [0.25, 0.3) is 10.9 Å². The van der Waals surface area contributed by atoms with Crippen molar-refractivity contribution in [3.8, 4) is 11.5 Å². The van der Waals surface area contributed by atoms with Crippen LogP contribution in [0.5, 0.6) is 11.5 Å². The average molecular weight is 650 g/mol. The highest BCUT2D eigenvalue weighted by Crippen LogP contribution is 2.67. The molecule has 1 spiro atoms. The summed E-state index contributed by atoms with van der Waals surface area (Å²) in [6.07, 6.45) is 0.456. The monoisotopic (exact) mass is 649 g/mol. The number of amides is 2. The molecule has 1 aliphatic heterocycles. The van der Waals surface area contributed by atoms with Crippen LogP contribution >= 0.6 is 0 Å². The number of benzene rings is 2. The Hall–Kier alpha value is -5.18. The van der Waals surface area contributed by atoms with Crippen molar-refractivity contribution in [2.45, 2.75) is 49.0 Å². The third-order valence-electron chi connectivity index (χ3n) is 8.05. The molecular formula is C31H31N5O9S. The molecule has 14 nitrogen and oxygen atoms in total. The topological polar surface area (TPSA) is 179 Å². The number of methoxy groups -OCH3 is 2. The van der Waals surface area contributed by atoms with Crippen LogP contribution in [0.1, 0.15) is 44.2 Å². The second-order valence-electron chi connectivity index (χ2n) is 12.2. The lowest BCUT2D eigenvalue weighted by Gasteiger charge is -2.19. The number of nitrogens with one attached hydrogen (secondary N) is 1. The number of carboxylic acid groups (broad SMARTS) is 1. The van der Waals surface area contributed by atoms with Gasteiger partial charge in [0.05, 0.1) is 35.7 Å². The minimum absolute atomic E-state index is 0.0378. The Balaban J connectivity index is 1.45. The second-order valence-corrected chi connectivity index (χ2v) is 14.2. The number of aromatic nitrogens is 3. The summed E-state index contributed by atoms with van der Waals surface area (Å²) < 4.78 is 41.6. The van der Waals surface area contributed by atoms with Crippen molar-refractivity contribution >= 4 is 56.2 Å². The van der Waals surface area contributed by atoms with Gasteiger partial charge in [0, 0.05) is 29.8 Å². The van der Waals surface area contributed by atoms with E-state index in [9.17, 15) is 27.9 Å². The third-order valence-corrected chi connectivity index (χ3v) is 9.13. The first-order valence-electron chi connectivity index (χ1n) is 14.1. The number of hydrogen-bond donors (Lipinski definition) is 2. The Labute approximate surface area is 263 Å². The number of hydrogen-bond acceptors (Lipinski definition) is 11. The number of sulfone groups is 1. The Morgan fingerprint density at radius 1 is 1.07 bits per heavy atom. The van der Waals surface area contributed by atoms with Gasteiger partial charge < -0.3 is 24.6 Å². The van der Waals surface area contributed by atoms with Crippen LogP contribution < -0.4 is 19.7 Å². The number of rotatable bonds is 6. The zero-order chi connectivity index (χ0) is 33.3. The summed E-state index contributed by atoms with van der Waals surface area (Å²) in [6, 6.07) is 11.4. The molecule has 2 atom stereocenters. The zero-order valence-corrected chi connectivity index (χ0v) is 26.6. The van der Waals surface area contributed by atoms with Gasteiger partial charge in [-0.3, -0.25) is 4.79 Å². The number of fused-ring (bicyclic) bond motifs is 3. The first kappa shape index (κ1) is 30.8. The van der Waals surface area contributed by atoms with E-state index in [1.54, 1.807) is 57.2 Å². The molecule has 2 aromatic heterocycles. The van der Waals surface area contributed by atoms with E-state index in [0.29, 0.717) is 34.2 Å². The highest BCUT2D eigenvalue weighted by atomic mass is 32.2. The maximum atomic E-state index is 13.7. The van der Waals surface area contributed by atoms with Gasteiger partial charge in [-0.25, -0.2) is 27.9 Å². The van der Waals surface area contributed by atoms with E-state index in [1.807, 2.05) is 0 Å². The minimum atomic E-state index is -3.55. The van der Waals surface area contributed by atoms with E-state index >= 15 is 0 Å². The third kappa shape index (κ3) is 4.96. The minimum Gasteiger partial charge on any atom is -0.497 e. The lowest BCUT2D eigenvalue weighted by atomic mass is 9.91. The summed E-state index contributed by atoms with van der Waals surface area (Å²) in [4.78, 5) is 44.1. The van der Waals surface area contributed by atoms with Crippen LogP contribution in [0, 0.1) is 0 Å². The second kappa shape index (κ2) is 10.4. The van der Waals surface area contributed by atoms with E-state index in [4.69, 9.17) is 14.2 Å².